The number of aliphatic hydroxyl groups excluding tert-OH is 1. The van der Waals surface area contributed by atoms with Crippen molar-refractivity contribution >= 4 is 28.1 Å². The Hall–Kier alpha value is -3.00. The van der Waals surface area contributed by atoms with Gasteiger partial charge in [0.2, 0.25) is 0 Å². The van der Waals surface area contributed by atoms with Crippen LogP contribution in [0.4, 0.5) is 30.4 Å². The van der Waals surface area contributed by atoms with Crippen LogP contribution in [0, 0.1) is 6.92 Å². The number of hydrogen-bond donors (Lipinski definition) is 2. The van der Waals surface area contributed by atoms with Crippen molar-refractivity contribution in [3.8, 4) is 5.75 Å². The first-order valence-electron chi connectivity index (χ1n) is 9.28. The van der Waals surface area contributed by atoms with E-state index in [0.29, 0.717) is 24.2 Å². The Labute approximate surface area is 165 Å². The third-order valence-electron chi connectivity index (χ3n) is 4.94. The molecular weight excluding hydrogens is 383 g/mol. The zero-order chi connectivity index (χ0) is 20.6. The Morgan fingerprint density at radius 2 is 1.97 bits per heavy atom. The van der Waals surface area contributed by atoms with Crippen molar-refractivity contribution < 1.29 is 23.0 Å². The lowest BCUT2D eigenvalue weighted by atomic mass is 10.1. The van der Waals surface area contributed by atoms with Crippen LogP contribution in [0.25, 0.3) is 10.9 Å². The minimum atomic E-state index is -4.82. The summed E-state index contributed by atoms with van der Waals surface area (Å²) in [6.07, 6.45) is -4.13. The van der Waals surface area contributed by atoms with Crippen LogP contribution in [-0.4, -0.2) is 36.1 Å². The lowest BCUT2D eigenvalue weighted by Gasteiger charge is -2.24. The highest BCUT2D eigenvalue weighted by Gasteiger charge is 2.34. The number of nitrogens with one attached hydrogen (secondary N) is 1. The molecule has 5 nitrogen and oxygen atoms in total. The molecule has 0 fully saturated rings. The summed E-state index contributed by atoms with van der Waals surface area (Å²) in [6, 6.07) is 12.4. The van der Waals surface area contributed by atoms with E-state index < -0.39 is 6.36 Å². The predicted molar refractivity (Wildman–Crippen MR) is 106 cm³/mol. The number of benzene rings is 2. The normalized spacial score (nSPS) is 13.6. The van der Waals surface area contributed by atoms with Gasteiger partial charge in [-0.2, -0.15) is 0 Å². The average Bonchev–Trinajstić information content (AvgIpc) is 3.11. The van der Waals surface area contributed by atoms with Crippen LogP contribution in [0.3, 0.4) is 0 Å². The van der Waals surface area contributed by atoms with Gasteiger partial charge in [-0.3, -0.25) is 0 Å². The first-order valence-corrected chi connectivity index (χ1v) is 9.28. The molecule has 0 saturated carbocycles. The maximum absolute atomic E-state index is 12.9. The van der Waals surface area contributed by atoms with Gasteiger partial charge in [-0.25, -0.2) is 4.98 Å². The molecule has 1 aliphatic rings. The molecule has 2 N–H and O–H groups in total. The fourth-order valence-corrected chi connectivity index (χ4v) is 3.80. The molecule has 8 heteroatoms. The fraction of sp³-hybridized carbons (Fsp3) is 0.286. The van der Waals surface area contributed by atoms with Crippen molar-refractivity contribution in [2.45, 2.75) is 19.7 Å². The minimum absolute atomic E-state index is 0.114. The van der Waals surface area contributed by atoms with Gasteiger partial charge in [0.25, 0.3) is 0 Å². The average molecular weight is 403 g/mol. The summed E-state index contributed by atoms with van der Waals surface area (Å²) in [6.45, 7) is 2.81. The molecule has 0 saturated heterocycles. The quantitative estimate of drug-likeness (QED) is 0.655. The number of aliphatic hydroxyl groups is 1. The van der Waals surface area contributed by atoms with Crippen LogP contribution in [0.1, 0.15) is 11.1 Å². The second kappa shape index (κ2) is 7.44. The van der Waals surface area contributed by atoms with Crippen molar-refractivity contribution in [3.63, 3.8) is 0 Å². The van der Waals surface area contributed by atoms with Crippen LogP contribution in [0.15, 0.2) is 42.5 Å². The number of rotatable bonds is 5. The van der Waals surface area contributed by atoms with Gasteiger partial charge in [-0.15, -0.1) is 13.2 Å². The molecule has 0 unspecified atom stereocenters. The highest BCUT2D eigenvalue weighted by Crippen LogP contribution is 2.45. The molecule has 3 aromatic rings. The van der Waals surface area contributed by atoms with E-state index in [1.807, 2.05) is 31.2 Å². The first-order chi connectivity index (χ1) is 13.9. The number of aromatic nitrogens is 1. The number of alkyl halides is 3. The maximum Gasteiger partial charge on any atom is 0.573 e. The summed E-state index contributed by atoms with van der Waals surface area (Å²) in [4.78, 5) is 6.55. The van der Waals surface area contributed by atoms with Crippen LogP contribution >= 0.6 is 0 Å². The summed E-state index contributed by atoms with van der Waals surface area (Å²) < 4.78 is 43.0. The number of anilines is 3. The van der Waals surface area contributed by atoms with Gasteiger partial charge < -0.3 is 20.1 Å². The molecule has 152 valence electrons. The fourth-order valence-electron chi connectivity index (χ4n) is 3.80. The minimum Gasteiger partial charge on any atom is -0.403 e. The van der Waals surface area contributed by atoms with Crippen LogP contribution in [0.5, 0.6) is 5.75 Å². The van der Waals surface area contributed by atoms with Crippen LogP contribution < -0.4 is 15.0 Å². The molecule has 2 aromatic carbocycles. The van der Waals surface area contributed by atoms with E-state index in [4.69, 9.17) is 0 Å². The molecule has 29 heavy (non-hydrogen) atoms. The molecule has 1 aromatic heterocycles. The molecule has 0 atom stereocenters. The van der Waals surface area contributed by atoms with E-state index in [1.54, 1.807) is 12.1 Å². The highest BCUT2D eigenvalue weighted by atomic mass is 19.4. The molecular formula is C21H20F3N3O2. The first kappa shape index (κ1) is 19.3. The molecule has 2 heterocycles. The van der Waals surface area contributed by atoms with Gasteiger partial charge in [0.15, 0.2) is 5.75 Å². The topological polar surface area (TPSA) is 57.6 Å². The van der Waals surface area contributed by atoms with E-state index >= 15 is 0 Å². The summed E-state index contributed by atoms with van der Waals surface area (Å²) in [7, 11) is 0. The molecule has 0 spiro atoms. The van der Waals surface area contributed by atoms with Crippen molar-refractivity contribution in [2.75, 3.05) is 29.9 Å². The van der Waals surface area contributed by atoms with Gasteiger partial charge in [0, 0.05) is 29.7 Å². The summed E-state index contributed by atoms with van der Waals surface area (Å²) in [5.74, 6) is 0.123. The number of hydrogen-bond acceptors (Lipinski definition) is 5. The highest BCUT2D eigenvalue weighted by molar-refractivity contribution is 6.02. The lowest BCUT2D eigenvalue weighted by Crippen LogP contribution is -2.18. The Morgan fingerprint density at radius 1 is 1.17 bits per heavy atom. The smallest absolute Gasteiger partial charge is 0.403 e. The standard InChI is InChI=1S/C21H20F3N3O2/c1-13-5-2-3-7-16(13)27-11-9-15-19(27)14-6-4-8-17(29-21(22,23)24)18(14)26-20(15)25-10-12-28/h2-8,28H,9-12H2,1H3,(H,25,26). The SMILES string of the molecule is Cc1ccccc1N1CCc2c(NCCO)nc3c(OC(F)(F)F)cccc3c21. The predicted octanol–water partition coefficient (Wildman–Crippen LogP) is 4.54. The second-order valence-corrected chi connectivity index (χ2v) is 6.83. The van der Waals surface area contributed by atoms with E-state index in [9.17, 15) is 18.3 Å². The number of fused-ring (bicyclic) bond motifs is 3. The zero-order valence-electron chi connectivity index (χ0n) is 15.8. The van der Waals surface area contributed by atoms with Crippen molar-refractivity contribution in [3.05, 3.63) is 53.6 Å². The van der Waals surface area contributed by atoms with Crippen molar-refractivity contribution in [2.24, 2.45) is 0 Å². The number of nitrogens with zero attached hydrogens (tertiary/aromatic N) is 2. The van der Waals surface area contributed by atoms with Gasteiger partial charge in [0.1, 0.15) is 11.3 Å². The third kappa shape index (κ3) is 3.67. The Balaban J connectivity index is 1.95. The van der Waals surface area contributed by atoms with Gasteiger partial charge in [-0.05, 0) is 31.0 Å². The third-order valence-corrected chi connectivity index (χ3v) is 4.94. The van der Waals surface area contributed by atoms with E-state index in [0.717, 1.165) is 22.5 Å². The van der Waals surface area contributed by atoms with Gasteiger partial charge in [0.05, 0.1) is 12.3 Å². The van der Waals surface area contributed by atoms with Crippen LogP contribution in [0.2, 0.25) is 0 Å². The van der Waals surface area contributed by atoms with Crippen molar-refractivity contribution in [1.82, 2.24) is 4.98 Å². The summed E-state index contributed by atoms with van der Waals surface area (Å²) >= 11 is 0. The Morgan fingerprint density at radius 3 is 2.69 bits per heavy atom. The molecule has 4 rings (SSSR count). The zero-order valence-corrected chi connectivity index (χ0v) is 15.8. The summed E-state index contributed by atoms with van der Waals surface area (Å²) in [5.41, 5.74) is 3.92. The number of aryl methyl sites for hydroxylation is 1. The number of ether oxygens (including phenoxy) is 1. The lowest BCUT2D eigenvalue weighted by molar-refractivity contribution is -0.274. The number of pyridine rings is 1. The number of para-hydroxylation sites is 2. The maximum atomic E-state index is 12.9. The number of halogens is 3. The second-order valence-electron chi connectivity index (χ2n) is 6.83. The monoisotopic (exact) mass is 403 g/mol. The Bertz CT molecular complexity index is 1050. The van der Waals surface area contributed by atoms with Crippen LogP contribution in [-0.2, 0) is 6.42 Å². The van der Waals surface area contributed by atoms with E-state index in [-0.39, 0.29) is 24.4 Å². The van der Waals surface area contributed by atoms with Gasteiger partial charge in [-0.1, -0.05) is 30.3 Å². The van der Waals surface area contributed by atoms with E-state index in [1.165, 1.54) is 6.07 Å². The Kier molecular flexibility index (Phi) is 4.96. The van der Waals surface area contributed by atoms with Crippen molar-refractivity contribution in [1.29, 1.82) is 0 Å². The molecule has 1 aliphatic heterocycles. The van der Waals surface area contributed by atoms with E-state index in [2.05, 4.69) is 19.9 Å². The molecule has 0 aliphatic carbocycles. The molecule has 0 radical (unpaired) electrons. The largest absolute Gasteiger partial charge is 0.573 e. The summed E-state index contributed by atoms with van der Waals surface area (Å²) in [5, 5.41) is 12.8. The molecule has 0 amide bonds. The molecule has 0 bridgehead atoms. The van der Waals surface area contributed by atoms with Gasteiger partial charge >= 0.3 is 6.36 Å².